The number of aromatic hydroxyl groups is 1. The van der Waals surface area contributed by atoms with Gasteiger partial charge in [0.2, 0.25) is 0 Å². The van der Waals surface area contributed by atoms with E-state index in [0.29, 0.717) is 5.75 Å². The molecule has 1 aromatic rings. The highest BCUT2D eigenvalue weighted by Gasteiger charge is 2.43. The first-order valence-corrected chi connectivity index (χ1v) is 7.93. The number of rotatable bonds is 1. The predicted octanol–water partition coefficient (Wildman–Crippen LogP) is 4.74. The molecule has 1 heteroatoms. The predicted molar refractivity (Wildman–Crippen MR) is 79.4 cm³/mol. The van der Waals surface area contributed by atoms with Crippen LogP contribution >= 0.6 is 0 Å². The van der Waals surface area contributed by atoms with Crippen molar-refractivity contribution in [3.8, 4) is 5.75 Å². The average molecular weight is 258 g/mol. The molecule has 2 aliphatic rings. The number of phenolic OH excluding ortho intramolecular Hbond substituents is 1. The van der Waals surface area contributed by atoms with Crippen molar-refractivity contribution in [3.63, 3.8) is 0 Å². The second-order valence-electron chi connectivity index (χ2n) is 6.88. The topological polar surface area (TPSA) is 20.2 Å². The molecule has 1 N–H and O–H groups in total. The van der Waals surface area contributed by atoms with Crippen molar-refractivity contribution in [3.05, 3.63) is 29.3 Å². The maximum atomic E-state index is 9.71. The van der Waals surface area contributed by atoms with Crippen LogP contribution in [0.4, 0.5) is 0 Å². The molecule has 1 aromatic carbocycles. The summed E-state index contributed by atoms with van der Waals surface area (Å²) in [4.78, 5) is 0. The van der Waals surface area contributed by atoms with Gasteiger partial charge < -0.3 is 5.11 Å². The molecular formula is C18H26O. The lowest BCUT2D eigenvalue weighted by Gasteiger charge is -2.48. The summed E-state index contributed by atoms with van der Waals surface area (Å²) in [6.45, 7) is 7.23. The van der Waals surface area contributed by atoms with Crippen LogP contribution in [0.1, 0.15) is 57.1 Å². The summed E-state index contributed by atoms with van der Waals surface area (Å²) in [5.74, 6) is 4.54. The molecule has 0 spiro atoms. The quantitative estimate of drug-likeness (QED) is 0.771. The van der Waals surface area contributed by atoms with Crippen molar-refractivity contribution in [2.24, 2.45) is 23.7 Å². The molecule has 1 fully saturated rings. The largest absolute Gasteiger partial charge is 0.508 e. The summed E-state index contributed by atoms with van der Waals surface area (Å²) in [5, 5.41) is 9.71. The van der Waals surface area contributed by atoms with Gasteiger partial charge in [0.25, 0.3) is 0 Å². The fourth-order valence-corrected chi connectivity index (χ4v) is 5.00. The van der Waals surface area contributed by atoms with Crippen molar-refractivity contribution in [1.29, 1.82) is 0 Å². The highest BCUT2D eigenvalue weighted by atomic mass is 16.3. The van der Waals surface area contributed by atoms with E-state index in [1.807, 2.05) is 12.1 Å². The van der Waals surface area contributed by atoms with Gasteiger partial charge in [0, 0.05) is 0 Å². The van der Waals surface area contributed by atoms with Crippen LogP contribution in [0, 0.1) is 23.7 Å². The van der Waals surface area contributed by atoms with E-state index in [1.165, 1.54) is 30.4 Å². The summed E-state index contributed by atoms with van der Waals surface area (Å²) in [7, 11) is 0. The van der Waals surface area contributed by atoms with Crippen LogP contribution in [0.15, 0.2) is 18.2 Å². The molecule has 0 bridgehead atoms. The summed E-state index contributed by atoms with van der Waals surface area (Å²) in [6.07, 6.45) is 5.17. The minimum atomic E-state index is 0.431. The monoisotopic (exact) mass is 258 g/mol. The number of hydrogen-bond donors (Lipinski definition) is 1. The Morgan fingerprint density at radius 2 is 1.95 bits per heavy atom. The molecule has 0 saturated heterocycles. The van der Waals surface area contributed by atoms with Crippen LogP contribution in [0.3, 0.4) is 0 Å². The molecule has 104 valence electrons. The first-order chi connectivity index (χ1) is 9.11. The van der Waals surface area contributed by atoms with Crippen molar-refractivity contribution in [2.45, 2.75) is 52.4 Å². The molecule has 1 nitrogen and oxygen atoms in total. The van der Waals surface area contributed by atoms with E-state index < -0.39 is 0 Å². The smallest absolute Gasteiger partial charge is 0.115 e. The zero-order valence-corrected chi connectivity index (χ0v) is 12.4. The summed E-state index contributed by atoms with van der Waals surface area (Å²) in [5.41, 5.74) is 2.93. The Hall–Kier alpha value is -0.980. The Labute approximate surface area is 117 Å². The Morgan fingerprint density at radius 3 is 2.68 bits per heavy atom. The van der Waals surface area contributed by atoms with Gasteiger partial charge in [-0.1, -0.05) is 33.3 Å². The van der Waals surface area contributed by atoms with E-state index in [-0.39, 0.29) is 0 Å². The molecule has 0 radical (unpaired) electrons. The SMILES string of the molecule is CCC1C(C)CCC2c3ccc(O)cc3CC(C)C21. The van der Waals surface area contributed by atoms with Gasteiger partial charge in [0.05, 0.1) is 0 Å². The van der Waals surface area contributed by atoms with Crippen molar-refractivity contribution >= 4 is 0 Å². The van der Waals surface area contributed by atoms with Crippen molar-refractivity contribution in [1.82, 2.24) is 0 Å². The maximum Gasteiger partial charge on any atom is 0.115 e. The molecule has 0 aromatic heterocycles. The Morgan fingerprint density at radius 1 is 1.16 bits per heavy atom. The van der Waals surface area contributed by atoms with Crippen LogP contribution in [-0.4, -0.2) is 5.11 Å². The second kappa shape index (κ2) is 4.85. The lowest BCUT2D eigenvalue weighted by Crippen LogP contribution is -2.39. The highest BCUT2D eigenvalue weighted by molar-refractivity contribution is 5.40. The molecule has 5 atom stereocenters. The van der Waals surface area contributed by atoms with Gasteiger partial charge in [-0.15, -0.1) is 0 Å². The van der Waals surface area contributed by atoms with E-state index in [4.69, 9.17) is 0 Å². The third-order valence-corrected chi connectivity index (χ3v) is 5.82. The maximum absolute atomic E-state index is 9.71. The van der Waals surface area contributed by atoms with Crippen LogP contribution in [-0.2, 0) is 6.42 Å². The standard InChI is InChI=1S/C18H26O/c1-4-15-11(2)5-7-17-16-8-6-14(19)10-13(16)9-12(3)18(15)17/h6,8,10-12,15,17-19H,4-5,7,9H2,1-3H3. The first-order valence-electron chi connectivity index (χ1n) is 7.93. The Kier molecular flexibility index (Phi) is 3.32. The molecule has 0 aliphatic heterocycles. The van der Waals surface area contributed by atoms with Crippen molar-refractivity contribution in [2.75, 3.05) is 0 Å². The zero-order valence-electron chi connectivity index (χ0n) is 12.4. The van der Waals surface area contributed by atoms with Gasteiger partial charge in [-0.25, -0.2) is 0 Å². The summed E-state index contributed by atoms with van der Waals surface area (Å²) >= 11 is 0. The third-order valence-electron chi connectivity index (χ3n) is 5.82. The van der Waals surface area contributed by atoms with Crippen LogP contribution in [0.25, 0.3) is 0 Å². The van der Waals surface area contributed by atoms with Crippen LogP contribution < -0.4 is 0 Å². The molecule has 0 amide bonds. The number of fused-ring (bicyclic) bond motifs is 3. The normalized spacial score (nSPS) is 37.5. The van der Waals surface area contributed by atoms with E-state index >= 15 is 0 Å². The third kappa shape index (κ3) is 2.07. The van der Waals surface area contributed by atoms with E-state index in [2.05, 4.69) is 26.8 Å². The number of phenols is 1. The minimum absolute atomic E-state index is 0.431. The Balaban J connectivity index is 2.01. The van der Waals surface area contributed by atoms with Gasteiger partial charge >= 0.3 is 0 Å². The Bertz CT molecular complexity index is 465. The number of hydrogen-bond acceptors (Lipinski definition) is 1. The van der Waals surface area contributed by atoms with Gasteiger partial charge in [-0.2, -0.15) is 0 Å². The van der Waals surface area contributed by atoms with E-state index in [9.17, 15) is 5.11 Å². The molecule has 3 rings (SSSR count). The summed E-state index contributed by atoms with van der Waals surface area (Å²) in [6, 6.07) is 6.07. The fourth-order valence-electron chi connectivity index (χ4n) is 5.00. The van der Waals surface area contributed by atoms with Gasteiger partial charge in [-0.05, 0) is 72.1 Å². The van der Waals surface area contributed by atoms with E-state index in [0.717, 1.165) is 36.0 Å². The molecule has 19 heavy (non-hydrogen) atoms. The van der Waals surface area contributed by atoms with Gasteiger partial charge in [-0.3, -0.25) is 0 Å². The van der Waals surface area contributed by atoms with E-state index in [1.54, 1.807) is 0 Å². The average Bonchev–Trinajstić information content (AvgIpc) is 2.38. The second-order valence-corrected chi connectivity index (χ2v) is 6.88. The molecule has 5 unspecified atom stereocenters. The van der Waals surface area contributed by atoms with Gasteiger partial charge in [0.1, 0.15) is 5.75 Å². The fraction of sp³-hybridized carbons (Fsp3) is 0.667. The van der Waals surface area contributed by atoms with Crippen molar-refractivity contribution < 1.29 is 5.11 Å². The molecule has 2 aliphatic carbocycles. The molecular weight excluding hydrogens is 232 g/mol. The van der Waals surface area contributed by atoms with Crippen LogP contribution in [0.2, 0.25) is 0 Å². The van der Waals surface area contributed by atoms with Gasteiger partial charge in [0.15, 0.2) is 0 Å². The molecule has 1 saturated carbocycles. The van der Waals surface area contributed by atoms with Crippen LogP contribution in [0.5, 0.6) is 5.75 Å². The molecule has 0 heterocycles. The first kappa shape index (κ1) is 13.0. The minimum Gasteiger partial charge on any atom is -0.508 e. The number of benzene rings is 1. The summed E-state index contributed by atoms with van der Waals surface area (Å²) < 4.78 is 0. The highest BCUT2D eigenvalue weighted by Crippen LogP contribution is 2.53. The lowest BCUT2D eigenvalue weighted by atomic mass is 9.56. The lowest BCUT2D eigenvalue weighted by molar-refractivity contribution is 0.0792. The zero-order chi connectivity index (χ0) is 13.6.